The highest BCUT2D eigenvalue weighted by atomic mass is 79.9. The maximum absolute atomic E-state index is 12.9. The molecule has 5 nitrogen and oxygen atoms in total. The van der Waals surface area contributed by atoms with E-state index >= 15 is 0 Å². The summed E-state index contributed by atoms with van der Waals surface area (Å²) in [6.07, 6.45) is 1.68. The fourth-order valence-corrected chi connectivity index (χ4v) is 4.21. The molecule has 4 rings (SSSR count). The molecule has 0 saturated carbocycles. The molecule has 2 heterocycles. The Kier molecular flexibility index (Phi) is 5.36. The van der Waals surface area contributed by atoms with Crippen LogP contribution in [-0.2, 0) is 6.54 Å². The van der Waals surface area contributed by atoms with Gasteiger partial charge in [-0.1, -0.05) is 64.5 Å². The third-order valence-electron chi connectivity index (χ3n) is 4.26. The largest absolute Gasteiger partial charge is 0.306 e. The molecule has 0 fully saturated rings. The van der Waals surface area contributed by atoms with E-state index in [4.69, 9.17) is 0 Å². The highest BCUT2D eigenvalue weighted by Gasteiger charge is 2.18. The highest BCUT2D eigenvalue weighted by molar-refractivity contribution is 9.10. The van der Waals surface area contributed by atoms with Crippen molar-refractivity contribution >= 4 is 39.0 Å². The van der Waals surface area contributed by atoms with E-state index < -0.39 is 0 Å². The van der Waals surface area contributed by atoms with Crippen LogP contribution in [0.5, 0.6) is 0 Å². The van der Waals surface area contributed by atoms with Crippen LogP contribution in [0.2, 0.25) is 0 Å². The SMILES string of the molecule is Cc1nc(-c2ccccc2)sc1C(=O)Nc1ccnn1Cc1ccccc1Br. The number of benzene rings is 2. The van der Waals surface area contributed by atoms with Crippen molar-refractivity contribution in [2.24, 2.45) is 0 Å². The van der Waals surface area contributed by atoms with Gasteiger partial charge >= 0.3 is 0 Å². The molecule has 7 heteroatoms. The maximum atomic E-state index is 12.9. The molecule has 0 radical (unpaired) electrons. The van der Waals surface area contributed by atoms with Gasteiger partial charge in [-0.3, -0.25) is 4.79 Å². The van der Waals surface area contributed by atoms with Gasteiger partial charge in [0.15, 0.2) is 0 Å². The van der Waals surface area contributed by atoms with E-state index in [0.29, 0.717) is 17.2 Å². The minimum Gasteiger partial charge on any atom is -0.306 e. The number of halogens is 1. The summed E-state index contributed by atoms with van der Waals surface area (Å²) < 4.78 is 2.78. The number of aryl methyl sites for hydroxylation is 1. The number of nitrogens with one attached hydrogen (secondary N) is 1. The minimum atomic E-state index is -0.175. The molecule has 0 aliphatic heterocycles. The van der Waals surface area contributed by atoms with Crippen molar-refractivity contribution < 1.29 is 4.79 Å². The molecule has 1 N–H and O–H groups in total. The molecule has 140 valence electrons. The van der Waals surface area contributed by atoms with E-state index in [1.165, 1.54) is 11.3 Å². The number of anilines is 1. The summed E-state index contributed by atoms with van der Waals surface area (Å²) >= 11 is 4.95. The van der Waals surface area contributed by atoms with Crippen LogP contribution in [-0.4, -0.2) is 20.7 Å². The first-order valence-electron chi connectivity index (χ1n) is 8.71. The van der Waals surface area contributed by atoms with Crippen LogP contribution in [0.1, 0.15) is 20.9 Å². The summed E-state index contributed by atoms with van der Waals surface area (Å²) in [7, 11) is 0. The van der Waals surface area contributed by atoms with E-state index in [9.17, 15) is 4.79 Å². The molecule has 0 saturated heterocycles. The summed E-state index contributed by atoms with van der Waals surface area (Å²) in [4.78, 5) is 18.0. The van der Waals surface area contributed by atoms with Crippen molar-refractivity contribution in [3.05, 3.63) is 87.5 Å². The second-order valence-corrected chi connectivity index (χ2v) is 8.07. The minimum absolute atomic E-state index is 0.175. The number of thiazole rings is 1. The molecule has 2 aromatic heterocycles. The summed E-state index contributed by atoms with van der Waals surface area (Å²) in [5.74, 6) is 0.473. The first-order valence-corrected chi connectivity index (χ1v) is 10.3. The Morgan fingerprint density at radius 1 is 1.11 bits per heavy atom. The molecule has 2 aromatic carbocycles. The first kappa shape index (κ1) is 18.6. The molecule has 1 amide bonds. The normalized spacial score (nSPS) is 10.8. The van der Waals surface area contributed by atoms with Gasteiger partial charge in [-0.15, -0.1) is 11.3 Å². The predicted octanol–water partition coefficient (Wildman–Crippen LogP) is 5.38. The van der Waals surface area contributed by atoms with Crippen molar-refractivity contribution in [3.63, 3.8) is 0 Å². The topological polar surface area (TPSA) is 59.8 Å². The zero-order chi connectivity index (χ0) is 19.5. The average molecular weight is 453 g/mol. The van der Waals surface area contributed by atoms with E-state index in [1.807, 2.05) is 61.5 Å². The number of nitrogens with zero attached hydrogens (tertiary/aromatic N) is 3. The maximum Gasteiger partial charge on any atom is 0.268 e. The van der Waals surface area contributed by atoms with Crippen LogP contribution in [0.15, 0.2) is 71.3 Å². The fraction of sp³-hybridized carbons (Fsp3) is 0.0952. The van der Waals surface area contributed by atoms with Gasteiger partial charge in [-0.2, -0.15) is 5.10 Å². The second kappa shape index (κ2) is 8.08. The summed E-state index contributed by atoms with van der Waals surface area (Å²) in [6.45, 7) is 2.41. The van der Waals surface area contributed by atoms with E-state index in [0.717, 1.165) is 26.3 Å². The molecule has 0 aliphatic rings. The quantitative estimate of drug-likeness (QED) is 0.442. The monoisotopic (exact) mass is 452 g/mol. The number of hydrogen-bond donors (Lipinski definition) is 1. The van der Waals surface area contributed by atoms with Gasteiger partial charge in [0.05, 0.1) is 18.4 Å². The van der Waals surface area contributed by atoms with Crippen molar-refractivity contribution in [3.8, 4) is 10.6 Å². The van der Waals surface area contributed by atoms with Gasteiger partial charge in [-0.25, -0.2) is 9.67 Å². The van der Waals surface area contributed by atoms with E-state index in [-0.39, 0.29) is 5.91 Å². The molecular formula is C21H17BrN4OS. The zero-order valence-corrected chi connectivity index (χ0v) is 17.5. The lowest BCUT2D eigenvalue weighted by atomic mass is 10.2. The third kappa shape index (κ3) is 3.90. The number of amides is 1. The Morgan fingerprint density at radius 2 is 1.86 bits per heavy atom. The van der Waals surface area contributed by atoms with Gasteiger partial charge in [0.2, 0.25) is 0 Å². The van der Waals surface area contributed by atoms with Crippen LogP contribution in [0, 0.1) is 6.92 Å². The van der Waals surface area contributed by atoms with E-state index in [2.05, 4.69) is 31.3 Å². The van der Waals surface area contributed by atoms with Crippen LogP contribution in [0.3, 0.4) is 0 Å². The predicted molar refractivity (Wildman–Crippen MR) is 116 cm³/mol. The number of hydrogen-bond acceptors (Lipinski definition) is 4. The lowest BCUT2D eigenvalue weighted by Crippen LogP contribution is -2.16. The average Bonchev–Trinajstić information content (AvgIpc) is 3.31. The molecule has 0 atom stereocenters. The Morgan fingerprint density at radius 3 is 2.64 bits per heavy atom. The fourth-order valence-electron chi connectivity index (χ4n) is 2.84. The molecule has 4 aromatic rings. The third-order valence-corrected chi connectivity index (χ3v) is 6.24. The van der Waals surface area contributed by atoms with Gasteiger partial charge in [0, 0.05) is 16.1 Å². The van der Waals surface area contributed by atoms with Crippen molar-refractivity contribution in [1.29, 1.82) is 0 Å². The standard InChI is InChI=1S/C21H17BrN4OS/c1-14-19(28-21(24-14)15-7-3-2-4-8-15)20(27)25-18-11-12-23-26(18)13-16-9-5-6-10-17(16)22/h2-12H,13H2,1H3,(H,25,27). The zero-order valence-electron chi connectivity index (χ0n) is 15.1. The Labute approximate surface area is 175 Å². The molecule has 0 spiro atoms. The lowest BCUT2D eigenvalue weighted by Gasteiger charge is -2.10. The van der Waals surface area contributed by atoms with Crippen LogP contribution < -0.4 is 5.32 Å². The van der Waals surface area contributed by atoms with Crippen LogP contribution in [0.4, 0.5) is 5.82 Å². The van der Waals surface area contributed by atoms with Crippen LogP contribution >= 0.6 is 27.3 Å². The summed E-state index contributed by atoms with van der Waals surface area (Å²) in [5.41, 5.74) is 2.81. The summed E-state index contributed by atoms with van der Waals surface area (Å²) in [6, 6.07) is 19.6. The van der Waals surface area contributed by atoms with Crippen LogP contribution in [0.25, 0.3) is 10.6 Å². The smallest absolute Gasteiger partial charge is 0.268 e. The Hall–Kier alpha value is -2.77. The number of rotatable bonds is 5. The molecule has 0 unspecified atom stereocenters. The molecule has 28 heavy (non-hydrogen) atoms. The van der Waals surface area contributed by atoms with Crippen molar-refractivity contribution in [2.45, 2.75) is 13.5 Å². The van der Waals surface area contributed by atoms with Gasteiger partial charge in [-0.05, 0) is 18.6 Å². The number of aromatic nitrogens is 3. The molecular weight excluding hydrogens is 436 g/mol. The molecule has 0 bridgehead atoms. The van der Waals surface area contributed by atoms with E-state index in [1.54, 1.807) is 16.9 Å². The van der Waals surface area contributed by atoms with Crippen molar-refractivity contribution in [2.75, 3.05) is 5.32 Å². The second-order valence-electron chi connectivity index (χ2n) is 6.22. The lowest BCUT2D eigenvalue weighted by molar-refractivity contribution is 0.102. The number of carbonyl (C=O) groups excluding carboxylic acids is 1. The Bertz CT molecular complexity index is 1120. The molecule has 0 aliphatic carbocycles. The summed E-state index contributed by atoms with van der Waals surface area (Å²) in [5, 5.41) is 8.15. The Balaban J connectivity index is 1.55. The highest BCUT2D eigenvalue weighted by Crippen LogP contribution is 2.28. The number of carbonyl (C=O) groups is 1. The van der Waals surface area contributed by atoms with Gasteiger partial charge < -0.3 is 5.32 Å². The van der Waals surface area contributed by atoms with Gasteiger partial charge in [0.1, 0.15) is 15.7 Å². The first-order chi connectivity index (χ1) is 13.6. The van der Waals surface area contributed by atoms with Gasteiger partial charge in [0.25, 0.3) is 5.91 Å². The van der Waals surface area contributed by atoms with Crippen molar-refractivity contribution in [1.82, 2.24) is 14.8 Å².